The Kier molecular flexibility index (Phi) is 5.03. The Balaban J connectivity index is 1.80. The van der Waals surface area contributed by atoms with Crippen molar-refractivity contribution in [1.82, 2.24) is 9.78 Å². The van der Waals surface area contributed by atoms with E-state index in [1.165, 1.54) is 16.8 Å². The lowest BCUT2D eigenvalue weighted by Gasteiger charge is -2.05. The molecular formula is C15H10Cl2N4O3S. The van der Waals surface area contributed by atoms with Gasteiger partial charge in [0.25, 0.3) is 10.5 Å². The normalized spacial score (nSPS) is 10.6. The Morgan fingerprint density at radius 2 is 2.08 bits per heavy atom. The molecule has 1 N–H and O–H groups in total. The Morgan fingerprint density at radius 3 is 2.80 bits per heavy atom. The Morgan fingerprint density at radius 1 is 1.28 bits per heavy atom. The minimum Gasteiger partial charge on any atom is -0.409 e. The highest BCUT2D eigenvalue weighted by atomic mass is 35.5. The summed E-state index contributed by atoms with van der Waals surface area (Å²) in [6.07, 6.45) is 0. The van der Waals surface area contributed by atoms with Gasteiger partial charge >= 0.3 is 0 Å². The van der Waals surface area contributed by atoms with Crippen LogP contribution in [0.3, 0.4) is 0 Å². The number of aromatic nitrogens is 2. The number of nitro benzene ring substituents is 1. The van der Waals surface area contributed by atoms with Crippen molar-refractivity contribution in [3.8, 4) is 11.5 Å². The van der Waals surface area contributed by atoms with Crippen LogP contribution in [0.15, 0.2) is 46.9 Å². The predicted molar refractivity (Wildman–Crippen MR) is 97.5 cm³/mol. The molecule has 0 unspecified atom stereocenters. The molecule has 0 amide bonds. The first kappa shape index (κ1) is 17.4. The highest BCUT2D eigenvalue weighted by molar-refractivity contribution is 7.71. The van der Waals surface area contributed by atoms with Crippen LogP contribution in [0.5, 0.6) is 0 Å². The summed E-state index contributed by atoms with van der Waals surface area (Å²) in [6, 6.07) is 11.0. The quantitative estimate of drug-likeness (QED) is 0.364. The third-order valence-electron chi connectivity index (χ3n) is 3.26. The summed E-state index contributed by atoms with van der Waals surface area (Å²) in [7, 11) is 0. The molecule has 1 aromatic heterocycles. The number of halogens is 2. The molecule has 7 nitrogen and oxygen atoms in total. The van der Waals surface area contributed by atoms with E-state index in [9.17, 15) is 10.1 Å². The molecule has 0 saturated carbocycles. The van der Waals surface area contributed by atoms with Crippen molar-refractivity contribution < 1.29 is 9.34 Å². The van der Waals surface area contributed by atoms with Gasteiger partial charge in [-0.1, -0.05) is 29.3 Å². The van der Waals surface area contributed by atoms with E-state index in [0.29, 0.717) is 21.3 Å². The van der Waals surface area contributed by atoms with Gasteiger partial charge in [0, 0.05) is 22.8 Å². The highest BCUT2D eigenvalue weighted by Gasteiger charge is 2.12. The molecule has 0 aliphatic heterocycles. The topological polar surface area (TPSA) is 86.1 Å². The zero-order valence-corrected chi connectivity index (χ0v) is 14.8. The molecule has 0 spiro atoms. The first-order valence-corrected chi connectivity index (χ1v) is 8.12. The lowest BCUT2D eigenvalue weighted by molar-refractivity contribution is -0.384. The van der Waals surface area contributed by atoms with Gasteiger partial charge in [-0.05, 0) is 36.5 Å². The van der Waals surface area contributed by atoms with E-state index in [1.807, 2.05) is 0 Å². The molecule has 0 bridgehead atoms. The molecule has 3 rings (SSSR count). The van der Waals surface area contributed by atoms with Gasteiger partial charge in [-0.3, -0.25) is 10.1 Å². The van der Waals surface area contributed by atoms with Crippen LogP contribution < -0.4 is 5.32 Å². The summed E-state index contributed by atoms with van der Waals surface area (Å²) < 4.78 is 6.87. The van der Waals surface area contributed by atoms with Crippen LogP contribution in [-0.4, -0.2) is 14.7 Å². The SMILES string of the molecule is O=[N+]([O-])c1cccc(NCn2nc(-c3ccc(Cl)cc3Cl)oc2=S)c1. The van der Waals surface area contributed by atoms with Crippen molar-refractivity contribution in [2.75, 3.05) is 5.32 Å². The largest absolute Gasteiger partial charge is 0.409 e. The number of nitrogens with zero attached hydrogens (tertiary/aromatic N) is 3. The molecule has 0 atom stereocenters. The zero-order valence-electron chi connectivity index (χ0n) is 12.5. The second-order valence-electron chi connectivity index (χ2n) is 4.94. The molecule has 25 heavy (non-hydrogen) atoms. The van der Waals surface area contributed by atoms with Gasteiger partial charge in [0.1, 0.15) is 6.67 Å². The fourth-order valence-electron chi connectivity index (χ4n) is 2.07. The number of hydrogen-bond donors (Lipinski definition) is 1. The van der Waals surface area contributed by atoms with Crippen molar-refractivity contribution in [2.45, 2.75) is 6.67 Å². The number of nitro groups is 1. The van der Waals surface area contributed by atoms with E-state index < -0.39 is 4.92 Å². The second-order valence-corrected chi connectivity index (χ2v) is 6.13. The maximum absolute atomic E-state index is 10.8. The van der Waals surface area contributed by atoms with Crippen LogP contribution >= 0.6 is 35.4 Å². The van der Waals surface area contributed by atoms with Crippen LogP contribution in [0, 0.1) is 15.0 Å². The maximum Gasteiger partial charge on any atom is 0.289 e. The molecule has 0 aliphatic carbocycles. The smallest absolute Gasteiger partial charge is 0.289 e. The molecule has 0 aliphatic rings. The summed E-state index contributed by atoms with van der Waals surface area (Å²) in [5, 5.41) is 19.0. The van der Waals surface area contributed by atoms with E-state index in [2.05, 4.69) is 10.4 Å². The third kappa shape index (κ3) is 3.98. The summed E-state index contributed by atoms with van der Waals surface area (Å²) in [4.78, 5) is 10.5. The van der Waals surface area contributed by atoms with E-state index in [0.717, 1.165) is 0 Å². The molecule has 3 aromatic rings. The van der Waals surface area contributed by atoms with E-state index >= 15 is 0 Å². The van der Waals surface area contributed by atoms with Crippen molar-refractivity contribution >= 4 is 46.8 Å². The molecule has 128 valence electrons. The molecule has 0 fully saturated rings. The molecule has 0 radical (unpaired) electrons. The molecule has 10 heteroatoms. The van der Waals surface area contributed by atoms with Gasteiger partial charge in [0.15, 0.2) is 0 Å². The van der Waals surface area contributed by atoms with Crippen molar-refractivity contribution in [1.29, 1.82) is 0 Å². The zero-order chi connectivity index (χ0) is 18.0. The fourth-order valence-corrected chi connectivity index (χ4v) is 2.75. The van der Waals surface area contributed by atoms with Gasteiger partial charge in [-0.25, -0.2) is 4.68 Å². The van der Waals surface area contributed by atoms with E-state index in [1.54, 1.807) is 30.3 Å². The predicted octanol–water partition coefficient (Wildman–Crippen LogP) is 5.16. The minimum absolute atomic E-state index is 0.0117. The van der Waals surface area contributed by atoms with E-state index in [4.69, 9.17) is 39.8 Å². The number of non-ortho nitro benzene ring substituents is 1. The van der Waals surface area contributed by atoms with Crippen molar-refractivity contribution in [2.24, 2.45) is 0 Å². The van der Waals surface area contributed by atoms with Gasteiger partial charge in [0.2, 0.25) is 5.89 Å². The van der Waals surface area contributed by atoms with Gasteiger partial charge < -0.3 is 9.73 Å². The number of anilines is 1. The number of rotatable bonds is 5. The standard InChI is InChI=1S/C15H10Cl2N4O3S/c16-9-4-5-12(13(17)6-9)14-19-20(15(25)24-14)8-18-10-2-1-3-11(7-10)21(22)23/h1-7,18H,8H2. The first-order valence-electron chi connectivity index (χ1n) is 6.96. The number of hydrogen-bond acceptors (Lipinski definition) is 6. The van der Waals surface area contributed by atoms with Crippen LogP contribution in [0.1, 0.15) is 0 Å². The van der Waals surface area contributed by atoms with E-state index in [-0.39, 0.29) is 23.1 Å². The highest BCUT2D eigenvalue weighted by Crippen LogP contribution is 2.29. The number of benzene rings is 2. The van der Waals surface area contributed by atoms with Crippen LogP contribution in [0.4, 0.5) is 11.4 Å². The second kappa shape index (κ2) is 7.22. The van der Waals surface area contributed by atoms with Crippen LogP contribution in [0.2, 0.25) is 10.0 Å². The van der Waals surface area contributed by atoms with Gasteiger partial charge in [0.05, 0.1) is 15.5 Å². The van der Waals surface area contributed by atoms with Crippen LogP contribution in [-0.2, 0) is 6.67 Å². The average Bonchev–Trinajstić information content (AvgIpc) is 2.94. The Bertz CT molecular complexity index is 1000. The molecular weight excluding hydrogens is 387 g/mol. The summed E-state index contributed by atoms with van der Waals surface area (Å²) in [5.74, 6) is 0.257. The summed E-state index contributed by atoms with van der Waals surface area (Å²) in [6.45, 7) is 0.175. The molecule has 1 heterocycles. The Hall–Kier alpha value is -2.42. The Labute approximate surface area is 156 Å². The van der Waals surface area contributed by atoms with Gasteiger partial charge in [-0.15, -0.1) is 5.10 Å². The van der Waals surface area contributed by atoms with Crippen LogP contribution in [0.25, 0.3) is 11.5 Å². The fraction of sp³-hybridized carbons (Fsp3) is 0.0667. The third-order valence-corrected chi connectivity index (χ3v) is 4.10. The number of nitrogens with one attached hydrogen (secondary N) is 1. The minimum atomic E-state index is -0.465. The van der Waals surface area contributed by atoms with Gasteiger partial charge in [-0.2, -0.15) is 0 Å². The van der Waals surface area contributed by atoms with Crippen molar-refractivity contribution in [3.05, 3.63) is 67.5 Å². The summed E-state index contributed by atoms with van der Waals surface area (Å²) in [5.41, 5.74) is 1.11. The maximum atomic E-state index is 10.8. The molecule has 0 saturated heterocycles. The average molecular weight is 397 g/mol. The summed E-state index contributed by atoms with van der Waals surface area (Å²) >= 11 is 17.2. The lowest BCUT2D eigenvalue weighted by atomic mass is 10.2. The first-order chi connectivity index (χ1) is 11.9. The van der Waals surface area contributed by atoms with Crippen molar-refractivity contribution in [3.63, 3.8) is 0 Å². The monoisotopic (exact) mass is 396 g/mol. The lowest BCUT2D eigenvalue weighted by Crippen LogP contribution is -2.09. The molecule has 2 aromatic carbocycles.